The van der Waals surface area contributed by atoms with Gasteiger partial charge in [-0.25, -0.2) is 8.42 Å². The molecule has 1 aliphatic rings. The van der Waals surface area contributed by atoms with Gasteiger partial charge in [0.1, 0.15) is 11.8 Å². The van der Waals surface area contributed by atoms with Crippen molar-refractivity contribution in [3.63, 3.8) is 0 Å². The number of hydrogen-bond donors (Lipinski definition) is 2. The Bertz CT molecular complexity index is 1490. The zero-order chi connectivity index (χ0) is 25.3. The highest BCUT2D eigenvalue weighted by Crippen LogP contribution is 2.43. The van der Waals surface area contributed by atoms with Crippen LogP contribution in [-0.2, 0) is 10.0 Å². The van der Waals surface area contributed by atoms with Gasteiger partial charge in [0.25, 0.3) is 0 Å². The molecule has 36 heavy (non-hydrogen) atoms. The van der Waals surface area contributed by atoms with Gasteiger partial charge in [0.2, 0.25) is 10.0 Å². The molecule has 0 aliphatic carbocycles. The highest BCUT2D eigenvalue weighted by Gasteiger charge is 2.42. The summed E-state index contributed by atoms with van der Waals surface area (Å²) < 4.78 is 33.7. The predicted octanol–water partition coefficient (Wildman–Crippen LogP) is 3.82. The van der Waals surface area contributed by atoms with Crippen LogP contribution in [0.3, 0.4) is 0 Å². The summed E-state index contributed by atoms with van der Waals surface area (Å²) in [6.45, 7) is 0. The molecule has 0 bridgehead atoms. The summed E-state index contributed by atoms with van der Waals surface area (Å²) in [5.74, 6) is 0.378. The van der Waals surface area contributed by atoms with E-state index in [2.05, 4.69) is 24.6 Å². The Hall–Kier alpha value is -3.96. The lowest BCUT2D eigenvalue weighted by molar-refractivity contribution is 0.417. The maximum atomic E-state index is 11.8. The Morgan fingerprint density at radius 2 is 1.92 bits per heavy atom. The van der Waals surface area contributed by atoms with Crippen molar-refractivity contribution >= 4 is 38.7 Å². The summed E-state index contributed by atoms with van der Waals surface area (Å²) in [6, 6.07) is 18.4. The average Bonchev–Trinajstić information content (AvgIpc) is 3.49. The van der Waals surface area contributed by atoms with E-state index in [1.807, 2.05) is 59.6 Å². The molecule has 1 saturated heterocycles. The van der Waals surface area contributed by atoms with Crippen LogP contribution in [0.25, 0.3) is 5.69 Å². The molecular formula is C25H24N6O3S2. The number of thiocarbonyl (C=S) groups is 1. The number of pyridine rings is 2. The Balaban J connectivity index is 1.64. The van der Waals surface area contributed by atoms with E-state index in [0.29, 0.717) is 16.5 Å². The average molecular weight is 521 g/mol. The predicted molar refractivity (Wildman–Crippen MR) is 143 cm³/mol. The van der Waals surface area contributed by atoms with E-state index in [1.54, 1.807) is 30.7 Å². The monoisotopic (exact) mass is 520 g/mol. The summed E-state index contributed by atoms with van der Waals surface area (Å²) in [5, 5.41) is 3.95. The zero-order valence-corrected chi connectivity index (χ0v) is 21.2. The van der Waals surface area contributed by atoms with Crippen molar-refractivity contribution in [3.05, 3.63) is 96.8 Å². The number of sulfonamides is 1. The van der Waals surface area contributed by atoms with Gasteiger partial charge < -0.3 is 19.5 Å². The molecule has 11 heteroatoms. The van der Waals surface area contributed by atoms with Crippen LogP contribution in [0.2, 0.25) is 0 Å². The number of hydrogen-bond acceptors (Lipinski definition) is 6. The van der Waals surface area contributed by atoms with Crippen molar-refractivity contribution in [2.24, 2.45) is 0 Å². The number of aromatic nitrogens is 3. The third-order valence-corrected chi connectivity index (χ3v) is 6.77. The van der Waals surface area contributed by atoms with Crippen LogP contribution in [-0.4, -0.2) is 41.4 Å². The SMILES string of the molecule is COc1cc(N2C(=S)N[C@@H](c3ccccn3)[C@H]2c2cccn2-c2cccnc2)ccc1NS(C)(=O)=O. The Labute approximate surface area is 214 Å². The number of methoxy groups -OCH3 is 1. The fraction of sp³-hybridized carbons (Fsp3) is 0.160. The van der Waals surface area contributed by atoms with Gasteiger partial charge in [-0.15, -0.1) is 0 Å². The second kappa shape index (κ2) is 9.59. The molecule has 0 amide bonds. The second-order valence-corrected chi connectivity index (χ2v) is 10.4. The van der Waals surface area contributed by atoms with Crippen LogP contribution in [0.1, 0.15) is 23.5 Å². The van der Waals surface area contributed by atoms with Gasteiger partial charge in [0, 0.05) is 36.0 Å². The van der Waals surface area contributed by atoms with Gasteiger partial charge in [0.15, 0.2) is 5.11 Å². The van der Waals surface area contributed by atoms with Crippen LogP contribution in [0.15, 0.2) is 85.5 Å². The lowest BCUT2D eigenvalue weighted by Crippen LogP contribution is -2.30. The first-order valence-electron chi connectivity index (χ1n) is 11.1. The molecule has 2 atom stereocenters. The van der Waals surface area contributed by atoms with Gasteiger partial charge in [-0.1, -0.05) is 6.07 Å². The van der Waals surface area contributed by atoms with Gasteiger partial charge in [-0.2, -0.15) is 0 Å². The van der Waals surface area contributed by atoms with Crippen LogP contribution >= 0.6 is 12.2 Å². The maximum Gasteiger partial charge on any atom is 0.229 e. The Kier molecular flexibility index (Phi) is 6.33. The first-order chi connectivity index (χ1) is 17.4. The summed E-state index contributed by atoms with van der Waals surface area (Å²) in [5.41, 5.74) is 3.82. The number of nitrogens with zero attached hydrogens (tertiary/aromatic N) is 4. The smallest absolute Gasteiger partial charge is 0.229 e. The third kappa shape index (κ3) is 4.62. The van der Waals surface area contributed by atoms with E-state index in [4.69, 9.17) is 17.0 Å². The van der Waals surface area contributed by atoms with Gasteiger partial charge in [-0.05, 0) is 60.7 Å². The molecule has 1 fully saturated rings. The largest absolute Gasteiger partial charge is 0.494 e. The van der Waals surface area contributed by atoms with Crippen molar-refractivity contribution in [2.45, 2.75) is 12.1 Å². The van der Waals surface area contributed by atoms with Crippen molar-refractivity contribution < 1.29 is 13.2 Å². The molecule has 4 heterocycles. The van der Waals surface area contributed by atoms with Crippen LogP contribution in [0.5, 0.6) is 5.75 Å². The summed E-state index contributed by atoms with van der Waals surface area (Å²) >= 11 is 5.82. The molecular weight excluding hydrogens is 496 g/mol. The molecule has 4 aromatic rings. The highest BCUT2D eigenvalue weighted by atomic mass is 32.2. The number of ether oxygens (including phenoxy) is 1. The van der Waals surface area contributed by atoms with E-state index < -0.39 is 10.0 Å². The van der Waals surface area contributed by atoms with Crippen LogP contribution in [0.4, 0.5) is 11.4 Å². The lowest BCUT2D eigenvalue weighted by atomic mass is 10.0. The van der Waals surface area contributed by atoms with Gasteiger partial charge in [0.05, 0.1) is 42.7 Å². The third-order valence-electron chi connectivity index (χ3n) is 5.86. The summed E-state index contributed by atoms with van der Waals surface area (Å²) in [4.78, 5) is 10.9. The number of rotatable bonds is 7. The van der Waals surface area contributed by atoms with Crippen LogP contribution < -0.4 is 19.7 Å². The van der Waals surface area contributed by atoms with Gasteiger partial charge in [-0.3, -0.25) is 14.7 Å². The zero-order valence-electron chi connectivity index (χ0n) is 19.6. The van der Waals surface area contributed by atoms with E-state index >= 15 is 0 Å². The standard InChI is InChI=1S/C25H24N6O3S2/c1-34-22-15-17(10-11-19(22)29-36(2,32)33)31-24(23(28-25(31)35)20-8-3-4-13-27-20)21-9-6-14-30(21)18-7-5-12-26-16-18/h3-16,23-24,29H,1-2H3,(H,28,35)/t23-,24+/m0/s1. The molecule has 184 valence electrons. The normalized spacial score (nSPS) is 17.6. The van der Waals surface area contributed by atoms with Crippen molar-refractivity contribution in [1.82, 2.24) is 19.9 Å². The van der Waals surface area contributed by atoms with Crippen molar-refractivity contribution in [2.75, 3.05) is 23.0 Å². The molecule has 0 radical (unpaired) electrons. The minimum Gasteiger partial charge on any atom is -0.494 e. The van der Waals surface area contributed by atoms with E-state index in [1.165, 1.54) is 7.11 Å². The number of benzene rings is 1. The Morgan fingerprint density at radius 3 is 2.61 bits per heavy atom. The second-order valence-electron chi connectivity index (χ2n) is 8.27. The molecule has 1 aliphatic heterocycles. The van der Waals surface area contributed by atoms with Crippen molar-refractivity contribution in [1.29, 1.82) is 0 Å². The molecule has 9 nitrogen and oxygen atoms in total. The fourth-order valence-electron chi connectivity index (χ4n) is 4.41. The first kappa shape index (κ1) is 23.8. The molecule has 0 saturated carbocycles. The topological polar surface area (TPSA) is 101 Å². The molecule has 0 spiro atoms. The van der Waals surface area contributed by atoms with Crippen molar-refractivity contribution in [3.8, 4) is 11.4 Å². The summed E-state index contributed by atoms with van der Waals surface area (Å²) in [7, 11) is -1.98. The number of nitrogens with one attached hydrogen (secondary N) is 2. The number of anilines is 2. The Morgan fingerprint density at radius 1 is 1.06 bits per heavy atom. The van der Waals surface area contributed by atoms with E-state index in [9.17, 15) is 8.42 Å². The van der Waals surface area contributed by atoms with Crippen LogP contribution in [0, 0.1) is 0 Å². The molecule has 3 aromatic heterocycles. The van der Waals surface area contributed by atoms with Gasteiger partial charge >= 0.3 is 0 Å². The first-order valence-corrected chi connectivity index (χ1v) is 13.4. The molecule has 1 aromatic carbocycles. The minimum atomic E-state index is -3.48. The summed E-state index contributed by atoms with van der Waals surface area (Å²) in [6.07, 6.45) is 8.38. The molecule has 0 unspecified atom stereocenters. The lowest BCUT2D eigenvalue weighted by Gasteiger charge is -2.29. The molecule has 2 N–H and O–H groups in total. The quantitative estimate of drug-likeness (QED) is 0.355. The fourth-order valence-corrected chi connectivity index (χ4v) is 5.33. The van der Waals surface area contributed by atoms with E-state index in [-0.39, 0.29) is 12.1 Å². The minimum absolute atomic E-state index is 0.246. The van der Waals surface area contributed by atoms with E-state index in [0.717, 1.165) is 29.0 Å². The maximum absolute atomic E-state index is 11.8. The molecule has 5 rings (SSSR count). The highest BCUT2D eigenvalue weighted by molar-refractivity contribution is 7.92.